The molecule has 1 aromatic rings. The van der Waals surface area contributed by atoms with Crippen LogP contribution in [-0.2, 0) is 4.79 Å². The lowest BCUT2D eigenvalue weighted by molar-refractivity contribution is -0.143. The van der Waals surface area contributed by atoms with Crippen LogP contribution >= 0.6 is 0 Å². The summed E-state index contributed by atoms with van der Waals surface area (Å²) < 4.78 is 0. The predicted octanol–water partition coefficient (Wildman–Crippen LogP) is 3.97. The molecule has 1 aliphatic rings. The Balaban J connectivity index is 2.40. The van der Waals surface area contributed by atoms with E-state index in [0.717, 1.165) is 25.7 Å². The van der Waals surface area contributed by atoms with E-state index in [2.05, 4.69) is 32.9 Å². The largest absolute Gasteiger partial charge is 0.481 e. The number of hydrogen-bond donors (Lipinski definition) is 1. The van der Waals surface area contributed by atoms with Crippen molar-refractivity contribution in [2.75, 3.05) is 0 Å². The zero-order chi connectivity index (χ0) is 13.3. The number of rotatable bonds is 2. The SMILES string of the molecule is Cc1ccc(C2CCCCC2C(=O)O)c(C)c1C. The van der Waals surface area contributed by atoms with E-state index >= 15 is 0 Å². The third-order valence-corrected chi connectivity index (χ3v) is 4.58. The first-order valence-corrected chi connectivity index (χ1v) is 6.82. The van der Waals surface area contributed by atoms with Gasteiger partial charge in [-0.15, -0.1) is 0 Å². The quantitative estimate of drug-likeness (QED) is 0.857. The second-order valence-corrected chi connectivity index (χ2v) is 5.56. The van der Waals surface area contributed by atoms with Gasteiger partial charge in [-0.05, 0) is 61.8 Å². The fourth-order valence-electron chi connectivity index (χ4n) is 3.18. The third kappa shape index (κ3) is 2.29. The van der Waals surface area contributed by atoms with E-state index in [1.54, 1.807) is 0 Å². The van der Waals surface area contributed by atoms with Crippen molar-refractivity contribution in [1.82, 2.24) is 0 Å². The van der Waals surface area contributed by atoms with E-state index in [-0.39, 0.29) is 11.8 Å². The summed E-state index contributed by atoms with van der Waals surface area (Å²) in [4.78, 5) is 11.4. The first kappa shape index (κ1) is 13.1. The lowest BCUT2D eigenvalue weighted by Crippen LogP contribution is -2.26. The van der Waals surface area contributed by atoms with Gasteiger partial charge < -0.3 is 5.11 Å². The number of benzene rings is 1. The molecule has 1 N–H and O–H groups in total. The fourth-order valence-corrected chi connectivity index (χ4v) is 3.18. The molecule has 2 unspecified atom stereocenters. The highest BCUT2D eigenvalue weighted by atomic mass is 16.4. The maximum atomic E-state index is 11.4. The van der Waals surface area contributed by atoms with E-state index in [1.807, 2.05) is 0 Å². The average molecular weight is 246 g/mol. The number of carboxylic acid groups (broad SMARTS) is 1. The number of hydrogen-bond acceptors (Lipinski definition) is 1. The molecule has 0 saturated heterocycles. The zero-order valence-corrected chi connectivity index (χ0v) is 11.5. The molecule has 1 saturated carbocycles. The Morgan fingerprint density at radius 2 is 1.78 bits per heavy atom. The van der Waals surface area contributed by atoms with Crippen molar-refractivity contribution in [2.45, 2.75) is 52.4 Å². The van der Waals surface area contributed by atoms with Crippen LogP contribution in [0.25, 0.3) is 0 Å². The molecule has 0 spiro atoms. The molecule has 0 radical (unpaired) electrons. The van der Waals surface area contributed by atoms with Crippen molar-refractivity contribution in [3.05, 3.63) is 34.4 Å². The molecule has 0 amide bonds. The summed E-state index contributed by atoms with van der Waals surface area (Å²) in [6.07, 6.45) is 4.05. The van der Waals surface area contributed by atoms with E-state index in [9.17, 15) is 9.90 Å². The zero-order valence-electron chi connectivity index (χ0n) is 11.5. The highest BCUT2D eigenvalue weighted by Crippen LogP contribution is 2.40. The average Bonchev–Trinajstić information content (AvgIpc) is 2.36. The van der Waals surface area contributed by atoms with Crippen LogP contribution < -0.4 is 0 Å². The van der Waals surface area contributed by atoms with Crippen molar-refractivity contribution in [3.8, 4) is 0 Å². The maximum Gasteiger partial charge on any atom is 0.307 e. The summed E-state index contributed by atoms with van der Waals surface area (Å²) in [7, 11) is 0. The van der Waals surface area contributed by atoms with E-state index in [4.69, 9.17) is 0 Å². The summed E-state index contributed by atoms with van der Waals surface area (Å²) in [5, 5.41) is 9.38. The van der Waals surface area contributed by atoms with E-state index in [0.29, 0.717) is 0 Å². The molecule has 0 bridgehead atoms. The van der Waals surface area contributed by atoms with Crippen LogP contribution in [0.5, 0.6) is 0 Å². The normalized spacial score (nSPS) is 23.9. The lowest BCUT2D eigenvalue weighted by Gasteiger charge is -2.30. The van der Waals surface area contributed by atoms with Crippen LogP contribution in [-0.4, -0.2) is 11.1 Å². The van der Waals surface area contributed by atoms with Crippen molar-refractivity contribution in [3.63, 3.8) is 0 Å². The summed E-state index contributed by atoms with van der Waals surface area (Å²) in [5.74, 6) is -0.618. The maximum absolute atomic E-state index is 11.4. The van der Waals surface area contributed by atoms with Gasteiger partial charge in [-0.25, -0.2) is 0 Å². The summed E-state index contributed by atoms with van der Waals surface area (Å²) in [6, 6.07) is 4.27. The van der Waals surface area contributed by atoms with Crippen molar-refractivity contribution < 1.29 is 9.90 Å². The van der Waals surface area contributed by atoms with E-state index in [1.165, 1.54) is 22.3 Å². The summed E-state index contributed by atoms with van der Waals surface area (Å²) in [6.45, 7) is 6.37. The molecule has 1 aliphatic carbocycles. The van der Waals surface area contributed by atoms with Gasteiger partial charge in [0.05, 0.1) is 5.92 Å². The Kier molecular flexibility index (Phi) is 3.74. The molecule has 1 aromatic carbocycles. The Morgan fingerprint density at radius 3 is 2.44 bits per heavy atom. The second-order valence-electron chi connectivity index (χ2n) is 5.56. The van der Waals surface area contributed by atoms with Crippen molar-refractivity contribution in [2.24, 2.45) is 5.92 Å². The number of carbonyl (C=O) groups is 1. The van der Waals surface area contributed by atoms with Gasteiger partial charge in [0.15, 0.2) is 0 Å². The predicted molar refractivity (Wildman–Crippen MR) is 73.0 cm³/mol. The smallest absolute Gasteiger partial charge is 0.307 e. The van der Waals surface area contributed by atoms with Gasteiger partial charge in [0.25, 0.3) is 0 Å². The molecule has 2 atom stereocenters. The number of carboxylic acids is 1. The van der Waals surface area contributed by atoms with Crippen LogP contribution in [0.15, 0.2) is 12.1 Å². The van der Waals surface area contributed by atoms with Crippen molar-refractivity contribution >= 4 is 5.97 Å². The van der Waals surface area contributed by atoms with Gasteiger partial charge in [0, 0.05) is 0 Å². The van der Waals surface area contributed by atoms with Gasteiger partial charge in [-0.2, -0.15) is 0 Å². The lowest BCUT2D eigenvalue weighted by atomic mass is 9.73. The fraction of sp³-hybridized carbons (Fsp3) is 0.562. The molecule has 1 fully saturated rings. The van der Waals surface area contributed by atoms with Gasteiger partial charge >= 0.3 is 5.97 Å². The first-order valence-electron chi connectivity index (χ1n) is 6.82. The Morgan fingerprint density at radius 1 is 1.11 bits per heavy atom. The minimum absolute atomic E-state index is 0.195. The highest BCUT2D eigenvalue weighted by molar-refractivity contribution is 5.71. The third-order valence-electron chi connectivity index (χ3n) is 4.58. The summed E-state index contributed by atoms with van der Waals surface area (Å²) in [5.41, 5.74) is 5.14. The molecule has 2 nitrogen and oxygen atoms in total. The van der Waals surface area contributed by atoms with Crippen LogP contribution in [0.4, 0.5) is 0 Å². The molecule has 2 heteroatoms. The summed E-state index contributed by atoms with van der Waals surface area (Å²) >= 11 is 0. The van der Waals surface area contributed by atoms with Gasteiger partial charge in [-0.1, -0.05) is 25.0 Å². The first-order chi connectivity index (χ1) is 8.52. The number of aryl methyl sites for hydroxylation is 1. The Hall–Kier alpha value is -1.31. The minimum atomic E-state index is -0.627. The van der Waals surface area contributed by atoms with Crippen molar-refractivity contribution in [1.29, 1.82) is 0 Å². The molecule has 0 heterocycles. The molecule has 18 heavy (non-hydrogen) atoms. The second kappa shape index (κ2) is 5.13. The molecule has 2 rings (SSSR count). The van der Waals surface area contributed by atoms with Crippen LogP contribution in [0.3, 0.4) is 0 Å². The van der Waals surface area contributed by atoms with Crippen LogP contribution in [0, 0.1) is 26.7 Å². The van der Waals surface area contributed by atoms with Crippen LogP contribution in [0.1, 0.15) is 53.9 Å². The topological polar surface area (TPSA) is 37.3 Å². The van der Waals surface area contributed by atoms with Gasteiger partial charge in [0.1, 0.15) is 0 Å². The van der Waals surface area contributed by atoms with Gasteiger partial charge in [-0.3, -0.25) is 4.79 Å². The minimum Gasteiger partial charge on any atom is -0.481 e. The standard InChI is InChI=1S/C16H22O2/c1-10-8-9-13(12(3)11(10)2)14-6-4-5-7-15(14)16(17)18/h8-9,14-15H,4-7H2,1-3H3,(H,17,18). The monoisotopic (exact) mass is 246 g/mol. The highest BCUT2D eigenvalue weighted by Gasteiger charge is 2.32. The molecule has 98 valence electrons. The molecular weight excluding hydrogens is 224 g/mol. The number of aliphatic carboxylic acids is 1. The molecule has 0 aliphatic heterocycles. The molecule has 0 aromatic heterocycles. The van der Waals surface area contributed by atoms with Gasteiger partial charge in [0.2, 0.25) is 0 Å². The van der Waals surface area contributed by atoms with E-state index < -0.39 is 5.97 Å². The Labute approximate surface area is 109 Å². The Bertz CT molecular complexity index is 462. The van der Waals surface area contributed by atoms with Crippen LogP contribution in [0.2, 0.25) is 0 Å². The molecular formula is C16H22O2.